The summed E-state index contributed by atoms with van der Waals surface area (Å²) < 4.78 is 27.6. The van der Waals surface area contributed by atoms with E-state index in [4.69, 9.17) is 0 Å². The van der Waals surface area contributed by atoms with Crippen molar-refractivity contribution in [2.75, 3.05) is 0 Å². The Morgan fingerprint density at radius 3 is 2.32 bits per heavy atom. The smallest absolute Gasteiger partial charge is 0.173 e. The van der Waals surface area contributed by atoms with Gasteiger partial charge in [0.15, 0.2) is 5.78 Å². The quantitative estimate of drug-likeness (QED) is 0.762. The number of benzene rings is 2. The van der Waals surface area contributed by atoms with Crippen LogP contribution in [0.25, 0.3) is 0 Å². The fourth-order valence-electron chi connectivity index (χ4n) is 1.88. The third-order valence-electron chi connectivity index (χ3n) is 2.90. The molecule has 0 N–H and O–H groups in total. The van der Waals surface area contributed by atoms with E-state index >= 15 is 0 Å². The van der Waals surface area contributed by atoms with Crippen LogP contribution in [0.5, 0.6) is 0 Å². The third-order valence-corrected chi connectivity index (χ3v) is 3.36. The van der Waals surface area contributed by atoms with E-state index in [2.05, 4.69) is 15.9 Å². The van der Waals surface area contributed by atoms with E-state index in [1.165, 1.54) is 0 Å². The number of Topliss-reactive ketones (excluding diaryl/α,β-unsaturated/α-hetero) is 1. The van der Waals surface area contributed by atoms with E-state index in [1.54, 1.807) is 12.1 Å². The molecule has 2 rings (SSSR count). The molecule has 0 saturated heterocycles. The molecule has 0 unspecified atom stereocenters. The highest BCUT2D eigenvalue weighted by atomic mass is 79.9. The van der Waals surface area contributed by atoms with Crippen LogP contribution in [0.1, 0.15) is 21.5 Å². The zero-order chi connectivity index (χ0) is 14.0. The first-order chi connectivity index (χ1) is 8.99. The van der Waals surface area contributed by atoms with Gasteiger partial charge >= 0.3 is 0 Å². The predicted octanol–water partition coefficient (Wildman–Crippen LogP) is 4.46. The zero-order valence-electron chi connectivity index (χ0n) is 10.2. The molecule has 1 nitrogen and oxygen atoms in total. The highest BCUT2D eigenvalue weighted by Crippen LogP contribution is 2.21. The number of carbonyl (C=O) groups excluding carboxylic acids is 1. The van der Waals surface area contributed by atoms with Crippen molar-refractivity contribution in [2.24, 2.45) is 0 Å². The number of ketones is 1. The lowest BCUT2D eigenvalue weighted by molar-refractivity contribution is 0.0984. The summed E-state index contributed by atoms with van der Waals surface area (Å²) in [7, 11) is 0. The summed E-state index contributed by atoms with van der Waals surface area (Å²) in [6, 6.07) is 9.47. The maximum absolute atomic E-state index is 13.7. The van der Waals surface area contributed by atoms with Gasteiger partial charge < -0.3 is 0 Å². The standard InChI is InChI=1S/C15H11BrF2O/c1-9-4-2-3-5-10(9)6-14(19)15-12(17)7-11(16)8-13(15)18/h2-5,7-8H,6H2,1H3. The van der Waals surface area contributed by atoms with E-state index in [9.17, 15) is 13.6 Å². The highest BCUT2D eigenvalue weighted by Gasteiger charge is 2.19. The second-order valence-corrected chi connectivity index (χ2v) is 5.19. The van der Waals surface area contributed by atoms with Crippen LogP contribution in [0.2, 0.25) is 0 Å². The Kier molecular flexibility index (Phi) is 4.10. The van der Waals surface area contributed by atoms with E-state index in [1.807, 2.05) is 19.1 Å². The largest absolute Gasteiger partial charge is 0.294 e. The maximum atomic E-state index is 13.7. The summed E-state index contributed by atoms with van der Waals surface area (Å²) in [5.41, 5.74) is 1.22. The molecule has 0 bridgehead atoms. The normalized spacial score (nSPS) is 10.5. The Balaban J connectivity index is 2.34. The second kappa shape index (κ2) is 5.61. The first kappa shape index (κ1) is 13.9. The zero-order valence-corrected chi connectivity index (χ0v) is 11.8. The topological polar surface area (TPSA) is 17.1 Å². The summed E-state index contributed by atoms with van der Waals surface area (Å²) in [5.74, 6) is -2.24. The van der Waals surface area contributed by atoms with Gasteiger partial charge in [-0.05, 0) is 30.2 Å². The minimum atomic E-state index is -0.842. The molecule has 0 spiro atoms. The van der Waals surface area contributed by atoms with Crippen LogP contribution >= 0.6 is 15.9 Å². The molecule has 0 aliphatic carbocycles. The van der Waals surface area contributed by atoms with Gasteiger partial charge in [0.25, 0.3) is 0 Å². The summed E-state index contributed by atoms with van der Waals surface area (Å²) in [6.07, 6.45) is -0.0118. The van der Waals surface area contributed by atoms with Gasteiger partial charge in [-0.25, -0.2) is 8.78 Å². The van der Waals surface area contributed by atoms with Crippen LogP contribution in [0.15, 0.2) is 40.9 Å². The van der Waals surface area contributed by atoms with Crippen molar-refractivity contribution in [1.82, 2.24) is 0 Å². The van der Waals surface area contributed by atoms with E-state index in [0.29, 0.717) is 0 Å². The van der Waals surface area contributed by atoms with Crippen LogP contribution in [0, 0.1) is 18.6 Å². The lowest BCUT2D eigenvalue weighted by Gasteiger charge is -2.07. The SMILES string of the molecule is Cc1ccccc1CC(=O)c1c(F)cc(Br)cc1F. The van der Waals surface area contributed by atoms with Gasteiger partial charge in [-0.2, -0.15) is 0 Å². The number of halogens is 3. The van der Waals surface area contributed by atoms with Crippen molar-refractivity contribution in [3.63, 3.8) is 0 Å². The van der Waals surface area contributed by atoms with Gasteiger partial charge in [-0.15, -0.1) is 0 Å². The predicted molar refractivity (Wildman–Crippen MR) is 73.3 cm³/mol. The molecule has 0 heterocycles. The Morgan fingerprint density at radius 2 is 1.74 bits per heavy atom. The van der Waals surface area contributed by atoms with Gasteiger partial charge in [-0.1, -0.05) is 40.2 Å². The van der Waals surface area contributed by atoms with Gasteiger partial charge in [0, 0.05) is 10.9 Å². The molecule has 0 fully saturated rings. The molecule has 0 radical (unpaired) electrons. The van der Waals surface area contributed by atoms with Crippen LogP contribution in [-0.4, -0.2) is 5.78 Å². The first-order valence-electron chi connectivity index (χ1n) is 5.71. The van der Waals surface area contributed by atoms with E-state index in [0.717, 1.165) is 23.3 Å². The van der Waals surface area contributed by atoms with Gasteiger partial charge in [-0.3, -0.25) is 4.79 Å². The number of hydrogen-bond donors (Lipinski definition) is 0. The Bertz CT molecular complexity index is 615. The molecule has 0 atom stereocenters. The molecule has 0 aliphatic rings. The van der Waals surface area contributed by atoms with Crippen LogP contribution in [0.4, 0.5) is 8.78 Å². The molecule has 19 heavy (non-hydrogen) atoms. The lowest BCUT2D eigenvalue weighted by atomic mass is 9.99. The Labute approximate surface area is 118 Å². The lowest BCUT2D eigenvalue weighted by Crippen LogP contribution is -2.10. The average Bonchev–Trinajstić information content (AvgIpc) is 2.30. The fraction of sp³-hybridized carbons (Fsp3) is 0.133. The highest BCUT2D eigenvalue weighted by molar-refractivity contribution is 9.10. The second-order valence-electron chi connectivity index (χ2n) is 4.27. The molecular weight excluding hydrogens is 314 g/mol. The van der Waals surface area contributed by atoms with Crippen LogP contribution < -0.4 is 0 Å². The summed E-state index contributed by atoms with van der Waals surface area (Å²) in [4.78, 5) is 12.0. The van der Waals surface area contributed by atoms with E-state index < -0.39 is 23.0 Å². The van der Waals surface area contributed by atoms with E-state index in [-0.39, 0.29) is 10.9 Å². The molecule has 2 aromatic rings. The van der Waals surface area contributed by atoms with Crippen molar-refractivity contribution < 1.29 is 13.6 Å². The Morgan fingerprint density at radius 1 is 1.16 bits per heavy atom. The first-order valence-corrected chi connectivity index (χ1v) is 6.50. The minimum Gasteiger partial charge on any atom is -0.294 e. The summed E-state index contributed by atoms with van der Waals surface area (Å²) >= 11 is 2.98. The van der Waals surface area contributed by atoms with Crippen molar-refractivity contribution >= 4 is 21.7 Å². The van der Waals surface area contributed by atoms with Crippen molar-refractivity contribution in [1.29, 1.82) is 0 Å². The summed E-state index contributed by atoms with van der Waals surface area (Å²) in [6.45, 7) is 1.86. The third kappa shape index (κ3) is 3.07. The number of aryl methyl sites for hydroxylation is 1. The molecule has 4 heteroatoms. The molecule has 2 aromatic carbocycles. The fourth-order valence-corrected chi connectivity index (χ4v) is 2.28. The number of rotatable bonds is 3. The number of hydrogen-bond acceptors (Lipinski definition) is 1. The minimum absolute atomic E-state index is 0.0118. The van der Waals surface area contributed by atoms with Gasteiger partial charge in [0.2, 0.25) is 0 Å². The van der Waals surface area contributed by atoms with Gasteiger partial charge in [0.1, 0.15) is 11.6 Å². The van der Waals surface area contributed by atoms with Crippen LogP contribution in [0.3, 0.4) is 0 Å². The summed E-state index contributed by atoms with van der Waals surface area (Å²) in [5, 5.41) is 0. The van der Waals surface area contributed by atoms with Crippen LogP contribution in [-0.2, 0) is 6.42 Å². The monoisotopic (exact) mass is 324 g/mol. The van der Waals surface area contributed by atoms with Crippen molar-refractivity contribution in [2.45, 2.75) is 13.3 Å². The number of carbonyl (C=O) groups is 1. The Hall–Kier alpha value is -1.55. The molecule has 0 saturated carbocycles. The maximum Gasteiger partial charge on any atom is 0.173 e. The molecule has 0 amide bonds. The van der Waals surface area contributed by atoms with Gasteiger partial charge in [0.05, 0.1) is 5.56 Å². The van der Waals surface area contributed by atoms with Crippen molar-refractivity contribution in [3.8, 4) is 0 Å². The average molecular weight is 325 g/mol. The molecular formula is C15H11BrF2O. The molecule has 98 valence electrons. The van der Waals surface area contributed by atoms with Crippen molar-refractivity contribution in [3.05, 3.63) is 69.2 Å². The molecule has 0 aliphatic heterocycles. The molecule has 0 aromatic heterocycles.